The van der Waals surface area contributed by atoms with E-state index < -0.39 is 11.1 Å². The number of rotatable bonds is 3. The summed E-state index contributed by atoms with van der Waals surface area (Å²) in [6.45, 7) is 10.2. The zero-order chi connectivity index (χ0) is 12.3. The predicted molar refractivity (Wildman–Crippen MR) is 67.8 cm³/mol. The molecule has 0 saturated carbocycles. The molecule has 1 atom stereocenters. The maximum atomic E-state index is 11.7. The second-order valence-electron chi connectivity index (χ2n) is 5.15. The van der Waals surface area contributed by atoms with E-state index in [9.17, 15) is 4.21 Å². The fourth-order valence-corrected chi connectivity index (χ4v) is 2.12. The lowest BCUT2D eigenvalue weighted by Gasteiger charge is -2.19. The van der Waals surface area contributed by atoms with Crippen molar-refractivity contribution in [3.05, 3.63) is 29.8 Å². The van der Waals surface area contributed by atoms with Crippen molar-refractivity contribution in [1.29, 1.82) is 0 Å². The zero-order valence-corrected chi connectivity index (χ0v) is 11.4. The fourth-order valence-electron chi connectivity index (χ4n) is 1.30. The molecule has 0 aliphatic carbocycles. The first kappa shape index (κ1) is 13.4. The Bertz CT molecular complexity index is 361. The topological polar surface area (TPSA) is 26.3 Å². The first-order valence-corrected chi connectivity index (χ1v) is 6.57. The predicted octanol–water partition coefficient (Wildman–Crippen LogP) is 3.43. The van der Waals surface area contributed by atoms with Gasteiger partial charge in [0.1, 0.15) is 0 Å². The molecule has 1 unspecified atom stereocenters. The van der Waals surface area contributed by atoms with Crippen LogP contribution in [-0.4, -0.2) is 10.3 Å². The minimum absolute atomic E-state index is 0.0249. The van der Waals surface area contributed by atoms with E-state index in [2.05, 4.69) is 20.8 Å². The Morgan fingerprint density at radius 2 is 1.62 bits per heavy atom. The molecule has 0 radical (unpaired) electrons. The minimum atomic E-state index is -1.35. The van der Waals surface area contributed by atoms with Gasteiger partial charge in [0, 0.05) is 0 Å². The van der Waals surface area contributed by atoms with Crippen LogP contribution < -0.4 is 0 Å². The van der Waals surface area contributed by atoms with Crippen LogP contribution >= 0.6 is 0 Å². The molecule has 0 N–H and O–H groups in total. The first-order chi connectivity index (χ1) is 7.30. The third kappa shape index (κ3) is 3.72. The van der Waals surface area contributed by atoms with Gasteiger partial charge < -0.3 is 0 Å². The van der Waals surface area contributed by atoms with E-state index in [4.69, 9.17) is 4.18 Å². The number of hydrogen-bond acceptors (Lipinski definition) is 2. The third-order valence-electron chi connectivity index (χ3n) is 2.19. The molecule has 0 spiro atoms. The maximum absolute atomic E-state index is 11.7. The van der Waals surface area contributed by atoms with Crippen LogP contribution in [0.25, 0.3) is 0 Å². The minimum Gasteiger partial charge on any atom is -0.284 e. The molecule has 0 heterocycles. The van der Waals surface area contributed by atoms with Gasteiger partial charge in [-0.3, -0.25) is 4.18 Å². The van der Waals surface area contributed by atoms with Crippen molar-refractivity contribution in [2.45, 2.75) is 51.0 Å². The Kier molecular flexibility index (Phi) is 4.28. The van der Waals surface area contributed by atoms with E-state index in [0.717, 1.165) is 4.90 Å². The molecule has 1 aromatic rings. The fraction of sp³-hybridized carbons (Fsp3) is 0.538. The van der Waals surface area contributed by atoms with Crippen LogP contribution in [0, 0.1) is 0 Å². The molecule has 0 saturated heterocycles. The lowest BCUT2D eigenvalue weighted by molar-refractivity contribution is 0.270. The van der Waals surface area contributed by atoms with Crippen molar-refractivity contribution >= 4 is 11.1 Å². The molecule has 0 fully saturated rings. The molecule has 2 nitrogen and oxygen atoms in total. The standard InChI is InChI=1S/C13H20O2S/c1-10(2)15-16(14)12-8-6-11(7-9-12)13(3,4)5/h6-10H,1-5H3. The molecule has 0 aromatic heterocycles. The van der Waals surface area contributed by atoms with E-state index >= 15 is 0 Å². The van der Waals surface area contributed by atoms with Crippen LogP contribution in [0.2, 0.25) is 0 Å². The summed E-state index contributed by atoms with van der Waals surface area (Å²) in [5, 5.41) is 0. The highest BCUT2D eigenvalue weighted by Crippen LogP contribution is 2.23. The summed E-state index contributed by atoms with van der Waals surface area (Å²) >= 11 is -1.35. The third-order valence-corrected chi connectivity index (χ3v) is 3.41. The van der Waals surface area contributed by atoms with Gasteiger partial charge in [-0.15, -0.1) is 0 Å². The molecule has 1 rings (SSSR count). The summed E-state index contributed by atoms with van der Waals surface area (Å²) in [6, 6.07) is 7.77. The lowest BCUT2D eigenvalue weighted by Crippen LogP contribution is -2.11. The first-order valence-electron chi connectivity index (χ1n) is 5.50. The highest BCUT2D eigenvalue weighted by atomic mass is 32.2. The van der Waals surface area contributed by atoms with Crippen molar-refractivity contribution in [1.82, 2.24) is 0 Å². The van der Waals surface area contributed by atoms with Crippen LogP contribution in [0.3, 0.4) is 0 Å². The average molecular weight is 240 g/mol. The van der Waals surface area contributed by atoms with E-state index in [-0.39, 0.29) is 11.5 Å². The van der Waals surface area contributed by atoms with Crippen LogP contribution in [-0.2, 0) is 20.7 Å². The zero-order valence-electron chi connectivity index (χ0n) is 10.6. The summed E-state index contributed by atoms with van der Waals surface area (Å²) in [6.07, 6.45) is -0.0249. The van der Waals surface area contributed by atoms with E-state index in [1.54, 1.807) is 0 Å². The molecule has 3 heteroatoms. The molecule has 16 heavy (non-hydrogen) atoms. The normalized spacial score (nSPS) is 14.1. The summed E-state index contributed by atoms with van der Waals surface area (Å²) in [5.41, 5.74) is 1.36. The second kappa shape index (κ2) is 5.11. The summed E-state index contributed by atoms with van der Waals surface area (Å²) in [7, 11) is 0. The van der Waals surface area contributed by atoms with Crippen LogP contribution in [0.4, 0.5) is 0 Å². The molecule has 0 aliphatic rings. The Balaban J connectivity index is 2.83. The summed E-state index contributed by atoms with van der Waals surface area (Å²) in [4.78, 5) is 0.724. The van der Waals surface area contributed by atoms with Crippen molar-refractivity contribution in [3.8, 4) is 0 Å². The van der Waals surface area contributed by atoms with E-state index in [1.165, 1.54) is 5.56 Å². The van der Waals surface area contributed by atoms with Gasteiger partial charge >= 0.3 is 0 Å². The van der Waals surface area contributed by atoms with Gasteiger partial charge in [0.15, 0.2) is 11.1 Å². The van der Waals surface area contributed by atoms with Crippen molar-refractivity contribution in [3.63, 3.8) is 0 Å². The Labute approximate surface area is 101 Å². The SMILES string of the molecule is CC(C)OS(=O)c1ccc(C(C)(C)C)cc1. The molecular weight excluding hydrogens is 220 g/mol. The van der Waals surface area contributed by atoms with Gasteiger partial charge in [0.05, 0.1) is 11.0 Å². The highest BCUT2D eigenvalue weighted by molar-refractivity contribution is 7.80. The van der Waals surface area contributed by atoms with E-state index in [1.807, 2.05) is 38.1 Å². The Morgan fingerprint density at radius 3 is 2.00 bits per heavy atom. The molecule has 0 aliphatic heterocycles. The van der Waals surface area contributed by atoms with Crippen molar-refractivity contribution in [2.75, 3.05) is 0 Å². The quantitative estimate of drug-likeness (QED) is 0.809. The van der Waals surface area contributed by atoms with Gasteiger partial charge in [0.2, 0.25) is 0 Å². The molecule has 1 aromatic carbocycles. The van der Waals surface area contributed by atoms with Crippen LogP contribution in [0.15, 0.2) is 29.2 Å². The maximum Gasteiger partial charge on any atom is 0.189 e. The van der Waals surface area contributed by atoms with Crippen LogP contribution in [0.5, 0.6) is 0 Å². The van der Waals surface area contributed by atoms with Crippen molar-refractivity contribution < 1.29 is 8.39 Å². The Hall–Kier alpha value is -0.670. The second-order valence-corrected chi connectivity index (χ2v) is 6.29. The van der Waals surface area contributed by atoms with Gasteiger partial charge in [-0.1, -0.05) is 32.9 Å². The van der Waals surface area contributed by atoms with Gasteiger partial charge in [-0.2, -0.15) is 0 Å². The molecule has 0 amide bonds. The number of benzene rings is 1. The lowest BCUT2D eigenvalue weighted by atomic mass is 9.87. The number of hydrogen-bond donors (Lipinski definition) is 0. The monoisotopic (exact) mass is 240 g/mol. The van der Waals surface area contributed by atoms with E-state index in [0.29, 0.717) is 0 Å². The van der Waals surface area contributed by atoms with Gasteiger partial charge in [-0.25, -0.2) is 4.21 Å². The van der Waals surface area contributed by atoms with Gasteiger partial charge in [-0.05, 0) is 37.0 Å². The molecule has 90 valence electrons. The van der Waals surface area contributed by atoms with Crippen molar-refractivity contribution in [2.24, 2.45) is 0 Å². The smallest absolute Gasteiger partial charge is 0.189 e. The highest BCUT2D eigenvalue weighted by Gasteiger charge is 2.14. The summed E-state index contributed by atoms with van der Waals surface area (Å²) in [5.74, 6) is 0. The average Bonchev–Trinajstić information content (AvgIpc) is 2.15. The summed E-state index contributed by atoms with van der Waals surface area (Å²) < 4.78 is 16.9. The molecule has 0 bridgehead atoms. The Morgan fingerprint density at radius 1 is 1.12 bits per heavy atom. The van der Waals surface area contributed by atoms with Crippen LogP contribution in [0.1, 0.15) is 40.2 Å². The largest absolute Gasteiger partial charge is 0.284 e. The van der Waals surface area contributed by atoms with Gasteiger partial charge in [0.25, 0.3) is 0 Å². The molecular formula is C13H20O2S.